The molecule has 1 atom stereocenters. The van der Waals surface area contributed by atoms with E-state index in [9.17, 15) is 4.79 Å². The van der Waals surface area contributed by atoms with E-state index in [1.165, 1.54) is 28.4 Å². The fourth-order valence-electron chi connectivity index (χ4n) is 7.38. The van der Waals surface area contributed by atoms with Gasteiger partial charge in [0.2, 0.25) is 5.89 Å². The molecule has 55 heavy (non-hydrogen) atoms. The van der Waals surface area contributed by atoms with Gasteiger partial charge in [0, 0.05) is 5.56 Å². The molecule has 4 heterocycles. The van der Waals surface area contributed by atoms with Gasteiger partial charge in [-0.2, -0.15) is 0 Å². The second-order valence-electron chi connectivity index (χ2n) is 15.2. The van der Waals surface area contributed by atoms with Crippen LogP contribution in [0.3, 0.4) is 0 Å². The zero-order chi connectivity index (χ0) is 39.1. The number of ether oxygens (including phenoxy) is 3. The number of oxazole rings is 1. The molecule has 1 aliphatic heterocycles. The van der Waals surface area contributed by atoms with Gasteiger partial charge in [-0.1, -0.05) is 99.6 Å². The lowest BCUT2D eigenvalue weighted by Gasteiger charge is -2.43. The van der Waals surface area contributed by atoms with Crippen molar-refractivity contribution in [3.63, 3.8) is 0 Å². The van der Waals surface area contributed by atoms with Crippen molar-refractivity contribution in [2.24, 2.45) is 0 Å². The number of thiophene rings is 1. The Morgan fingerprint density at radius 2 is 1.56 bits per heavy atom. The Balaban J connectivity index is 1.44. The van der Waals surface area contributed by atoms with Gasteiger partial charge in [-0.3, -0.25) is 14.2 Å². The van der Waals surface area contributed by atoms with Crippen molar-refractivity contribution in [1.29, 1.82) is 0 Å². The maximum Gasteiger partial charge on any atom is 0.333 e. The monoisotopic (exact) mass is 779 g/mol. The zero-order valence-electron chi connectivity index (χ0n) is 32.0. The molecular formula is C42H45N3O8SSi. The minimum Gasteiger partial charge on any atom is -0.508 e. The molecule has 286 valence electrons. The number of fused-ring (bicyclic) bond motifs is 1. The Labute approximate surface area is 324 Å². The first kappa shape index (κ1) is 38.2. The van der Waals surface area contributed by atoms with Crippen LogP contribution in [0.15, 0.2) is 111 Å². The van der Waals surface area contributed by atoms with Crippen LogP contribution in [0.1, 0.15) is 51.8 Å². The predicted molar refractivity (Wildman–Crippen MR) is 215 cm³/mol. The molecule has 0 saturated carbocycles. The van der Waals surface area contributed by atoms with Crippen LogP contribution in [0.2, 0.25) is 5.04 Å². The molecule has 7 rings (SSSR count). The van der Waals surface area contributed by atoms with Crippen molar-refractivity contribution < 1.29 is 27.8 Å². The number of carbonyl (C=O) groups is 1. The van der Waals surface area contributed by atoms with E-state index >= 15 is 9.59 Å². The van der Waals surface area contributed by atoms with Crippen LogP contribution < -0.4 is 26.4 Å². The molecule has 1 fully saturated rings. The summed E-state index contributed by atoms with van der Waals surface area (Å²) in [7, 11) is -1.85. The summed E-state index contributed by atoms with van der Waals surface area (Å²) in [5.41, 5.74) is -1.77. The van der Waals surface area contributed by atoms with E-state index in [1.807, 2.05) is 84.9 Å². The molecule has 3 aromatic carbocycles. The first-order chi connectivity index (χ1) is 26.3. The molecule has 0 amide bonds. The number of hydrogen-bond donors (Lipinski definition) is 0. The van der Waals surface area contributed by atoms with Crippen LogP contribution >= 0.6 is 11.3 Å². The molecule has 0 radical (unpaired) electrons. The lowest BCUT2D eigenvalue weighted by molar-refractivity contribution is -0.159. The predicted octanol–water partition coefficient (Wildman–Crippen LogP) is 6.19. The van der Waals surface area contributed by atoms with E-state index in [4.69, 9.17) is 23.1 Å². The number of carbonyl (C=O) groups excluding carboxylic acids is 1. The van der Waals surface area contributed by atoms with E-state index < -0.39 is 42.2 Å². The molecule has 11 nitrogen and oxygen atoms in total. The second-order valence-corrected chi connectivity index (χ2v) is 20.5. The fraction of sp³-hybridized carbons (Fsp3) is 0.333. The molecule has 6 aromatic rings. The maximum atomic E-state index is 15.1. The number of benzene rings is 3. The van der Waals surface area contributed by atoms with Crippen LogP contribution in [0, 0.1) is 6.92 Å². The van der Waals surface area contributed by atoms with E-state index in [0.717, 1.165) is 20.5 Å². The van der Waals surface area contributed by atoms with Crippen molar-refractivity contribution in [3.8, 4) is 16.5 Å². The smallest absolute Gasteiger partial charge is 0.333 e. The number of rotatable bonds is 12. The first-order valence-electron chi connectivity index (χ1n) is 18.2. The molecule has 3 aromatic heterocycles. The highest BCUT2D eigenvalue weighted by Crippen LogP contribution is 2.40. The molecule has 1 saturated heterocycles. The van der Waals surface area contributed by atoms with E-state index in [0.29, 0.717) is 40.1 Å². The molecule has 0 bridgehead atoms. The van der Waals surface area contributed by atoms with Gasteiger partial charge in [-0.15, -0.1) is 11.3 Å². The third-order valence-electron chi connectivity index (χ3n) is 10.4. The van der Waals surface area contributed by atoms with Crippen LogP contribution in [0.4, 0.5) is 0 Å². The SMILES string of the molecule is COc1ccccc1C(Cn1c(=O)n(C(C)(C)C(=O)O[Si](c2ccccc2)(c2ccccc2)C(C)(C)C)c(=O)c2c(C)c(-c3ncco3)sc21)OC1COC1. The normalized spacial score (nSPS) is 14.5. The van der Waals surface area contributed by atoms with Gasteiger partial charge in [0.15, 0.2) is 0 Å². The van der Waals surface area contributed by atoms with Gasteiger partial charge in [-0.25, -0.2) is 14.3 Å². The topological polar surface area (TPSA) is 124 Å². The molecule has 1 aliphatic rings. The van der Waals surface area contributed by atoms with Crippen molar-refractivity contribution in [2.75, 3.05) is 20.3 Å². The summed E-state index contributed by atoms with van der Waals surface area (Å²) in [6, 6.07) is 27.0. The minimum atomic E-state index is -3.44. The largest absolute Gasteiger partial charge is 0.508 e. The summed E-state index contributed by atoms with van der Waals surface area (Å²) in [5, 5.41) is 1.50. The highest BCUT2D eigenvalue weighted by Gasteiger charge is 2.55. The quantitative estimate of drug-likeness (QED) is 0.134. The van der Waals surface area contributed by atoms with Crippen molar-refractivity contribution >= 4 is 46.2 Å². The van der Waals surface area contributed by atoms with Crippen LogP contribution in [0.5, 0.6) is 5.75 Å². The van der Waals surface area contributed by atoms with E-state index in [-0.39, 0.29) is 18.0 Å². The number of para-hydroxylation sites is 1. The molecule has 0 aliphatic carbocycles. The third-order valence-corrected chi connectivity index (χ3v) is 16.6. The van der Waals surface area contributed by atoms with Gasteiger partial charge < -0.3 is 23.1 Å². The Bertz CT molecular complexity index is 2390. The first-order valence-corrected chi connectivity index (χ1v) is 20.9. The lowest BCUT2D eigenvalue weighted by atomic mass is 10.0. The van der Waals surface area contributed by atoms with Crippen molar-refractivity contribution in [2.45, 2.75) is 70.9 Å². The van der Waals surface area contributed by atoms with Gasteiger partial charge in [0.25, 0.3) is 5.56 Å². The molecule has 1 unspecified atom stereocenters. The fourth-order valence-corrected chi connectivity index (χ4v) is 13.1. The standard InChI is InChI=1S/C42H45N3O8SSi/c1-27-34-37(46)45(42(5,6)39(47)53-55(41(2,3)4,29-16-10-8-11-17-29)30-18-12-9-13-19-30)40(48)44(38(34)54-35(27)36-43-22-23-51-36)24-33(52-28-25-50-26-28)31-20-14-15-21-32(31)49-7/h8-23,28,33H,24-26H2,1-7H3. The van der Waals surface area contributed by atoms with E-state index in [2.05, 4.69) is 25.8 Å². The Kier molecular flexibility index (Phi) is 10.3. The van der Waals surface area contributed by atoms with Gasteiger partial charge in [0.1, 0.15) is 34.6 Å². The number of aromatic nitrogens is 3. The molecule has 13 heteroatoms. The van der Waals surface area contributed by atoms with Crippen LogP contribution in [0.25, 0.3) is 21.0 Å². The van der Waals surface area contributed by atoms with Gasteiger partial charge in [0.05, 0.1) is 43.3 Å². The zero-order valence-corrected chi connectivity index (χ0v) is 33.8. The van der Waals surface area contributed by atoms with E-state index in [1.54, 1.807) is 27.9 Å². The highest BCUT2D eigenvalue weighted by molar-refractivity contribution is 7.22. The molecule has 0 spiro atoms. The molecule has 0 N–H and O–H groups in total. The number of aryl methyl sites for hydroxylation is 1. The average Bonchev–Trinajstić information content (AvgIpc) is 3.81. The maximum absolute atomic E-state index is 15.1. The summed E-state index contributed by atoms with van der Waals surface area (Å²) in [6.45, 7) is 11.9. The highest BCUT2D eigenvalue weighted by atomic mass is 32.1. The minimum absolute atomic E-state index is 0.00268. The summed E-state index contributed by atoms with van der Waals surface area (Å²) >= 11 is 1.23. The average molecular weight is 780 g/mol. The Hall–Kier alpha value is -5.08. The van der Waals surface area contributed by atoms with Gasteiger partial charge >= 0.3 is 20.0 Å². The van der Waals surface area contributed by atoms with Crippen LogP contribution in [-0.4, -0.2) is 54.8 Å². The number of nitrogens with zero attached hydrogens (tertiary/aromatic N) is 3. The Morgan fingerprint density at radius 3 is 2.11 bits per heavy atom. The van der Waals surface area contributed by atoms with Crippen molar-refractivity contribution in [3.05, 3.63) is 129 Å². The third kappa shape index (κ3) is 6.68. The number of hydrogen-bond acceptors (Lipinski definition) is 10. The second kappa shape index (κ2) is 14.9. The Morgan fingerprint density at radius 1 is 0.945 bits per heavy atom. The molecular weight excluding hydrogens is 735 g/mol. The summed E-state index contributed by atoms with van der Waals surface area (Å²) in [5.74, 6) is 0.206. The van der Waals surface area contributed by atoms with Crippen LogP contribution in [-0.2, 0) is 30.8 Å². The summed E-state index contributed by atoms with van der Waals surface area (Å²) < 4.78 is 32.9. The van der Waals surface area contributed by atoms with Gasteiger partial charge in [-0.05, 0) is 47.8 Å². The number of methoxy groups -OCH3 is 1. The van der Waals surface area contributed by atoms with Crippen molar-refractivity contribution in [1.82, 2.24) is 14.1 Å². The summed E-state index contributed by atoms with van der Waals surface area (Å²) in [4.78, 5) is 50.4. The summed E-state index contributed by atoms with van der Waals surface area (Å²) in [6.07, 6.45) is 2.09. The lowest BCUT2D eigenvalue weighted by Crippen LogP contribution is -2.69.